The van der Waals surface area contributed by atoms with E-state index in [1.807, 2.05) is 13.0 Å². The van der Waals surface area contributed by atoms with Crippen LogP contribution in [-0.2, 0) is 14.8 Å². The average Bonchev–Trinajstić information content (AvgIpc) is 2.69. The van der Waals surface area contributed by atoms with Gasteiger partial charge in [-0.05, 0) is 50.1 Å². The van der Waals surface area contributed by atoms with E-state index in [1.165, 1.54) is 16.4 Å². The molecule has 6 nitrogen and oxygen atoms in total. The number of amides is 1. The van der Waals surface area contributed by atoms with Crippen molar-refractivity contribution in [1.82, 2.24) is 4.31 Å². The molecular formula is C21H22ClN3O3S. The van der Waals surface area contributed by atoms with Gasteiger partial charge in [-0.1, -0.05) is 35.7 Å². The third-order valence-electron chi connectivity index (χ3n) is 5.00. The number of benzene rings is 2. The van der Waals surface area contributed by atoms with E-state index in [1.54, 1.807) is 30.3 Å². The second-order valence-electron chi connectivity index (χ2n) is 7.13. The van der Waals surface area contributed by atoms with E-state index in [2.05, 4.69) is 5.32 Å². The molecule has 3 rings (SSSR count). The molecule has 1 fully saturated rings. The summed E-state index contributed by atoms with van der Waals surface area (Å²) in [5.74, 6) is -0.347. The molecule has 0 unspecified atom stereocenters. The predicted octanol–water partition coefficient (Wildman–Crippen LogP) is 4.09. The Labute approximate surface area is 176 Å². The van der Waals surface area contributed by atoms with E-state index in [0.29, 0.717) is 29.2 Å². The number of rotatable bonds is 5. The first kappa shape index (κ1) is 21.3. The SMILES string of the molecule is Cc1ccc(S(=O)(=O)N2CCCC[C@H]2CC(=O)Nc2cc(Cl)ccc2C#N)cc1. The summed E-state index contributed by atoms with van der Waals surface area (Å²) in [5, 5.41) is 12.3. The van der Waals surface area contributed by atoms with Crippen molar-refractivity contribution >= 4 is 33.2 Å². The van der Waals surface area contributed by atoms with Crippen molar-refractivity contribution in [3.63, 3.8) is 0 Å². The maximum Gasteiger partial charge on any atom is 0.243 e. The van der Waals surface area contributed by atoms with Gasteiger partial charge in [0, 0.05) is 24.0 Å². The molecule has 1 atom stereocenters. The maximum atomic E-state index is 13.1. The van der Waals surface area contributed by atoms with Crippen LogP contribution < -0.4 is 5.32 Å². The number of hydrogen-bond acceptors (Lipinski definition) is 4. The van der Waals surface area contributed by atoms with Crippen LogP contribution in [0.15, 0.2) is 47.4 Å². The maximum absolute atomic E-state index is 13.1. The lowest BCUT2D eigenvalue weighted by molar-refractivity contribution is -0.117. The lowest BCUT2D eigenvalue weighted by atomic mass is 10.0. The van der Waals surface area contributed by atoms with Crippen LogP contribution >= 0.6 is 11.6 Å². The topological polar surface area (TPSA) is 90.3 Å². The summed E-state index contributed by atoms with van der Waals surface area (Å²) >= 11 is 5.96. The standard InChI is InChI=1S/C21H22ClN3O3S/c1-15-5-9-19(10-6-15)29(27,28)25-11-3-2-4-18(25)13-21(26)24-20-12-17(22)8-7-16(20)14-23/h5-10,12,18H,2-4,11,13H2,1H3,(H,24,26)/t18-/m0/s1. The van der Waals surface area contributed by atoms with Gasteiger partial charge in [0.1, 0.15) is 6.07 Å². The monoisotopic (exact) mass is 431 g/mol. The number of sulfonamides is 1. The Bertz CT molecular complexity index is 1050. The summed E-state index contributed by atoms with van der Waals surface area (Å²) in [6.07, 6.45) is 2.25. The van der Waals surface area contributed by atoms with Crippen LogP contribution in [0.3, 0.4) is 0 Å². The number of anilines is 1. The van der Waals surface area contributed by atoms with E-state index < -0.39 is 16.1 Å². The highest BCUT2D eigenvalue weighted by Crippen LogP contribution is 2.28. The predicted molar refractivity (Wildman–Crippen MR) is 112 cm³/mol. The Kier molecular flexibility index (Phi) is 6.58. The number of aryl methyl sites for hydroxylation is 1. The summed E-state index contributed by atoms with van der Waals surface area (Å²) in [6, 6.07) is 12.9. The Morgan fingerprint density at radius 1 is 1.24 bits per heavy atom. The second kappa shape index (κ2) is 8.95. The van der Waals surface area contributed by atoms with E-state index >= 15 is 0 Å². The Morgan fingerprint density at radius 2 is 1.97 bits per heavy atom. The van der Waals surface area contributed by atoms with Gasteiger partial charge in [-0.25, -0.2) is 8.42 Å². The smallest absolute Gasteiger partial charge is 0.243 e. The van der Waals surface area contributed by atoms with Gasteiger partial charge in [0.25, 0.3) is 0 Å². The first-order valence-corrected chi connectivity index (χ1v) is 11.2. The van der Waals surface area contributed by atoms with Crippen LogP contribution in [-0.4, -0.2) is 31.2 Å². The first-order chi connectivity index (χ1) is 13.8. The van der Waals surface area contributed by atoms with Crippen LogP contribution in [0.1, 0.15) is 36.8 Å². The number of carbonyl (C=O) groups excluding carboxylic acids is 1. The molecule has 1 aliphatic heterocycles. The minimum atomic E-state index is -3.69. The number of nitriles is 1. The summed E-state index contributed by atoms with van der Waals surface area (Å²) in [5.41, 5.74) is 1.61. The van der Waals surface area contributed by atoms with Gasteiger partial charge in [-0.3, -0.25) is 4.79 Å². The van der Waals surface area contributed by atoms with Gasteiger partial charge in [0.15, 0.2) is 0 Å². The molecule has 1 amide bonds. The van der Waals surface area contributed by atoms with Crippen molar-refractivity contribution in [2.75, 3.05) is 11.9 Å². The normalized spacial score (nSPS) is 17.5. The molecule has 1 N–H and O–H groups in total. The summed E-state index contributed by atoms with van der Waals surface area (Å²) in [7, 11) is -3.69. The number of halogens is 1. The Balaban J connectivity index is 1.78. The van der Waals surface area contributed by atoms with Crippen molar-refractivity contribution in [2.24, 2.45) is 0 Å². The molecule has 1 aliphatic rings. The highest BCUT2D eigenvalue weighted by molar-refractivity contribution is 7.89. The molecule has 8 heteroatoms. The number of nitrogens with one attached hydrogen (secondary N) is 1. The Hall–Kier alpha value is -2.40. The van der Waals surface area contributed by atoms with Crippen molar-refractivity contribution in [3.05, 3.63) is 58.6 Å². The molecule has 1 saturated heterocycles. The highest BCUT2D eigenvalue weighted by atomic mass is 35.5. The zero-order chi connectivity index (χ0) is 21.0. The molecular weight excluding hydrogens is 410 g/mol. The van der Waals surface area contributed by atoms with Crippen LogP contribution in [0.5, 0.6) is 0 Å². The van der Waals surface area contributed by atoms with Gasteiger partial charge in [-0.2, -0.15) is 9.57 Å². The molecule has 1 heterocycles. The van der Waals surface area contributed by atoms with Crippen molar-refractivity contribution in [3.8, 4) is 6.07 Å². The van der Waals surface area contributed by atoms with Crippen molar-refractivity contribution in [1.29, 1.82) is 5.26 Å². The van der Waals surface area contributed by atoms with Crippen molar-refractivity contribution < 1.29 is 13.2 Å². The molecule has 0 radical (unpaired) electrons. The average molecular weight is 432 g/mol. The number of hydrogen-bond donors (Lipinski definition) is 1. The zero-order valence-corrected chi connectivity index (χ0v) is 17.6. The molecule has 152 valence electrons. The largest absolute Gasteiger partial charge is 0.325 e. The van der Waals surface area contributed by atoms with Crippen LogP contribution in [0.4, 0.5) is 5.69 Å². The first-order valence-electron chi connectivity index (χ1n) is 9.39. The number of nitrogens with zero attached hydrogens (tertiary/aromatic N) is 2. The second-order valence-corrected chi connectivity index (χ2v) is 9.46. The Morgan fingerprint density at radius 3 is 2.66 bits per heavy atom. The van der Waals surface area contributed by atoms with Gasteiger partial charge in [-0.15, -0.1) is 0 Å². The summed E-state index contributed by atoms with van der Waals surface area (Å²) in [4.78, 5) is 12.9. The van der Waals surface area contributed by atoms with Gasteiger partial charge < -0.3 is 5.32 Å². The number of piperidine rings is 1. The molecule has 2 aromatic rings. The molecule has 0 bridgehead atoms. The van der Waals surface area contributed by atoms with Gasteiger partial charge in [0.2, 0.25) is 15.9 Å². The fraction of sp³-hybridized carbons (Fsp3) is 0.333. The number of carbonyl (C=O) groups is 1. The molecule has 0 spiro atoms. The lowest BCUT2D eigenvalue weighted by Crippen LogP contribution is -2.45. The fourth-order valence-electron chi connectivity index (χ4n) is 3.47. The summed E-state index contributed by atoms with van der Waals surface area (Å²) < 4.78 is 27.7. The van der Waals surface area contributed by atoms with Gasteiger partial charge in [0.05, 0.1) is 16.1 Å². The van der Waals surface area contributed by atoms with E-state index in [0.717, 1.165) is 18.4 Å². The van der Waals surface area contributed by atoms with E-state index in [-0.39, 0.29) is 17.2 Å². The molecule has 0 saturated carbocycles. The fourth-order valence-corrected chi connectivity index (χ4v) is 5.34. The minimum absolute atomic E-state index is 0.0163. The molecule has 0 aliphatic carbocycles. The lowest BCUT2D eigenvalue weighted by Gasteiger charge is -2.34. The quantitative estimate of drug-likeness (QED) is 0.771. The third kappa shape index (κ3) is 4.96. The molecule has 0 aromatic heterocycles. The summed E-state index contributed by atoms with van der Waals surface area (Å²) in [6.45, 7) is 2.28. The molecule has 29 heavy (non-hydrogen) atoms. The van der Waals surface area contributed by atoms with Crippen LogP contribution in [0.2, 0.25) is 5.02 Å². The van der Waals surface area contributed by atoms with Crippen molar-refractivity contribution in [2.45, 2.75) is 43.5 Å². The minimum Gasteiger partial charge on any atom is -0.325 e. The highest BCUT2D eigenvalue weighted by Gasteiger charge is 2.34. The molecule has 2 aromatic carbocycles. The van der Waals surface area contributed by atoms with E-state index in [9.17, 15) is 18.5 Å². The van der Waals surface area contributed by atoms with Gasteiger partial charge >= 0.3 is 0 Å². The van der Waals surface area contributed by atoms with Crippen LogP contribution in [0.25, 0.3) is 0 Å². The third-order valence-corrected chi connectivity index (χ3v) is 7.20. The zero-order valence-electron chi connectivity index (χ0n) is 16.1. The van der Waals surface area contributed by atoms with E-state index in [4.69, 9.17) is 11.6 Å². The van der Waals surface area contributed by atoms with Crippen LogP contribution in [0, 0.1) is 18.3 Å².